The first kappa shape index (κ1) is 18.0. The number of carbonyl (C=O) groups excluding carboxylic acids is 3. The van der Waals surface area contributed by atoms with E-state index in [2.05, 4.69) is 10.6 Å². The lowest BCUT2D eigenvalue weighted by Gasteiger charge is -2.15. The number of nitrogens with one attached hydrogen (secondary N) is 3. The highest BCUT2D eigenvalue weighted by Crippen LogP contribution is 2.22. The highest BCUT2D eigenvalue weighted by molar-refractivity contribution is 6.05. The molecule has 0 fully saturated rings. The number of primary amides is 1. The van der Waals surface area contributed by atoms with Crippen LogP contribution in [0.25, 0.3) is 0 Å². The van der Waals surface area contributed by atoms with Crippen molar-refractivity contribution < 1.29 is 23.2 Å². The zero-order valence-corrected chi connectivity index (χ0v) is 13.6. The molecule has 1 heterocycles. The number of carbonyl (C=O) groups is 3. The lowest BCUT2D eigenvalue weighted by Crippen LogP contribution is -2.43. The highest BCUT2D eigenvalue weighted by Gasteiger charge is 2.17. The van der Waals surface area contributed by atoms with Crippen LogP contribution in [0, 0.1) is 12.7 Å². The highest BCUT2D eigenvalue weighted by atomic mass is 19.1. The van der Waals surface area contributed by atoms with Crippen LogP contribution < -0.4 is 21.7 Å². The monoisotopic (exact) mass is 348 g/mol. The first-order chi connectivity index (χ1) is 11.8. The van der Waals surface area contributed by atoms with Crippen molar-refractivity contribution in [2.24, 2.45) is 5.73 Å². The number of nitrogens with two attached hydrogens (primary N) is 1. The largest absolute Gasteiger partial charge is 0.469 e. The molecule has 1 aromatic carbocycles. The van der Waals surface area contributed by atoms with Crippen molar-refractivity contribution >= 4 is 29.2 Å². The molecule has 8 nitrogen and oxygen atoms in total. The number of imide groups is 1. The van der Waals surface area contributed by atoms with Gasteiger partial charge in [-0.05, 0) is 38.1 Å². The Kier molecular flexibility index (Phi) is 5.38. The Balaban J connectivity index is 2.12. The summed E-state index contributed by atoms with van der Waals surface area (Å²) in [6, 6.07) is 3.55. The van der Waals surface area contributed by atoms with Crippen molar-refractivity contribution in [3.63, 3.8) is 0 Å². The van der Waals surface area contributed by atoms with Gasteiger partial charge in [0, 0.05) is 5.69 Å². The van der Waals surface area contributed by atoms with E-state index in [1.165, 1.54) is 31.4 Å². The van der Waals surface area contributed by atoms with Crippen LogP contribution in [-0.2, 0) is 4.79 Å². The minimum Gasteiger partial charge on any atom is -0.469 e. The summed E-state index contributed by atoms with van der Waals surface area (Å²) in [4.78, 5) is 34.5. The van der Waals surface area contributed by atoms with Crippen molar-refractivity contribution in [3.05, 3.63) is 47.7 Å². The third kappa shape index (κ3) is 4.56. The third-order valence-electron chi connectivity index (χ3n) is 3.34. The zero-order valence-electron chi connectivity index (χ0n) is 13.6. The number of rotatable bonds is 5. The molecule has 0 saturated heterocycles. The van der Waals surface area contributed by atoms with Crippen LogP contribution in [0.3, 0.4) is 0 Å². The smallest absolute Gasteiger partial charge is 0.318 e. The van der Waals surface area contributed by atoms with E-state index < -0.39 is 29.7 Å². The second-order valence-electron chi connectivity index (χ2n) is 5.26. The van der Waals surface area contributed by atoms with Gasteiger partial charge in [0.05, 0.1) is 17.5 Å². The summed E-state index contributed by atoms with van der Waals surface area (Å²) in [6.07, 6.45) is 1.36. The van der Waals surface area contributed by atoms with E-state index in [0.29, 0.717) is 11.4 Å². The Morgan fingerprint density at radius 3 is 2.56 bits per heavy atom. The van der Waals surface area contributed by atoms with Gasteiger partial charge in [-0.15, -0.1) is 0 Å². The summed E-state index contributed by atoms with van der Waals surface area (Å²) in [7, 11) is 0. The quantitative estimate of drug-likeness (QED) is 0.657. The van der Waals surface area contributed by atoms with Crippen molar-refractivity contribution in [3.8, 4) is 0 Å². The van der Waals surface area contributed by atoms with Crippen LogP contribution in [0.1, 0.15) is 23.0 Å². The molecule has 0 bridgehead atoms. The van der Waals surface area contributed by atoms with Crippen LogP contribution in [0.15, 0.2) is 34.9 Å². The summed E-state index contributed by atoms with van der Waals surface area (Å²) in [5.74, 6) is -1.41. The SMILES string of the molecule is Cc1occc1C(=O)Nc1cc(NC(C)C(=O)NC(N)=O)ccc1F. The van der Waals surface area contributed by atoms with Gasteiger partial charge in [-0.25, -0.2) is 9.18 Å². The molecule has 0 aliphatic carbocycles. The van der Waals surface area contributed by atoms with Crippen molar-refractivity contribution in [2.75, 3.05) is 10.6 Å². The van der Waals surface area contributed by atoms with Crippen LogP contribution in [0.4, 0.5) is 20.6 Å². The van der Waals surface area contributed by atoms with Gasteiger partial charge in [-0.2, -0.15) is 0 Å². The predicted molar refractivity (Wildman–Crippen MR) is 88.6 cm³/mol. The molecule has 0 aliphatic rings. The maximum Gasteiger partial charge on any atom is 0.318 e. The minimum absolute atomic E-state index is 0.0712. The number of aryl methyl sites for hydroxylation is 1. The number of hydrogen-bond acceptors (Lipinski definition) is 5. The van der Waals surface area contributed by atoms with Crippen molar-refractivity contribution in [1.82, 2.24) is 5.32 Å². The van der Waals surface area contributed by atoms with E-state index in [0.717, 1.165) is 6.07 Å². The maximum atomic E-state index is 13.9. The second-order valence-corrected chi connectivity index (χ2v) is 5.26. The van der Waals surface area contributed by atoms with E-state index in [-0.39, 0.29) is 11.3 Å². The first-order valence-electron chi connectivity index (χ1n) is 7.29. The summed E-state index contributed by atoms with van der Waals surface area (Å²) >= 11 is 0. The van der Waals surface area contributed by atoms with Crippen LogP contribution >= 0.6 is 0 Å². The molecule has 2 rings (SSSR count). The van der Waals surface area contributed by atoms with E-state index in [9.17, 15) is 18.8 Å². The van der Waals surface area contributed by atoms with Crippen LogP contribution in [0.5, 0.6) is 0 Å². The number of hydrogen-bond donors (Lipinski definition) is 4. The average Bonchev–Trinajstić information content (AvgIpc) is 2.96. The molecule has 1 unspecified atom stereocenters. The Labute approximate surface area is 142 Å². The lowest BCUT2D eigenvalue weighted by molar-refractivity contribution is -0.120. The number of amides is 4. The van der Waals surface area contributed by atoms with Gasteiger partial charge in [0.15, 0.2) is 0 Å². The van der Waals surface area contributed by atoms with Gasteiger partial charge >= 0.3 is 6.03 Å². The number of benzene rings is 1. The van der Waals surface area contributed by atoms with Crippen molar-refractivity contribution in [1.29, 1.82) is 0 Å². The molecule has 1 atom stereocenters. The molecular weight excluding hydrogens is 331 g/mol. The normalized spacial score (nSPS) is 11.5. The average molecular weight is 348 g/mol. The minimum atomic E-state index is -0.971. The Hall–Kier alpha value is -3.36. The molecule has 0 aliphatic heterocycles. The van der Waals surface area contributed by atoms with Crippen LogP contribution in [0.2, 0.25) is 0 Å². The lowest BCUT2D eigenvalue weighted by atomic mass is 10.2. The second kappa shape index (κ2) is 7.47. The first-order valence-corrected chi connectivity index (χ1v) is 7.29. The zero-order chi connectivity index (χ0) is 18.6. The molecule has 0 saturated carbocycles. The molecule has 5 N–H and O–H groups in total. The van der Waals surface area contributed by atoms with E-state index in [4.69, 9.17) is 10.2 Å². The molecular formula is C16H17FN4O4. The molecule has 4 amide bonds. The van der Waals surface area contributed by atoms with E-state index in [1.54, 1.807) is 6.92 Å². The number of halogens is 1. The molecule has 2 aromatic rings. The van der Waals surface area contributed by atoms with Gasteiger partial charge in [0.2, 0.25) is 5.91 Å². The molecule has 0 radical (unpaired) electrons. The van der Waals surface area contributed by atoms with Gasteiger partial charge < -0.3 is 20.8 Å². The standard InChI is InChI=1S/C16H17FN4O4/c1-8(14(22)21-16(18)24)19-10-3-4-12(17)13(7-10)20-15(23)11-5-6-25-9(11)2/h3-8,19H,1-2H3,(H,20,23)(H3,18,21,22,24). The number of furan rings is 1. The van der Waals surface area contributed by atoms with Gasteiger partial charge in [0.25, 0.3) is 5.91 Å². The summed E-state index contributed by atoms with van der Waals surface area (Å²) in [5, 5.41) is 7.15. The third-order valence-corrected chi connectivity index (χ3v) is 3.34. The van der Waals surface area contributed by atoms with Gasteiger partial charge in [0.1, 0.15) is 17.6 Å². The molecule has 0 spiro atoms. The maximum absolute atomic E-state index is 13.9. The summed E-state index contributed by atoms with van der Waals surface area (Å²) in [5.41, 5.74) is 5.46. The van der Waals surface area contributed by atoms with Crippen molar-refractivity contribution in [2.45, 2.75) is 19.9 Å². The van der Waals surface area contributed by atoms with Gasteiger partial charge in [-0.3, -0.25) is 14.9 Å². The number of anilines is 2. The van der Waals surface area contributed by atoms with Gasteiger partial charge in [-0.1, -0.05) is 0 Å². The molecule has 1 aromatic heterocycles. The Morgan fingerprint density at radius 2 is 1.96 bits per heavy atom. The molecule has 9 heteroatoms. The Morgan fingerprint density at radius 1 is 1.24 bits per heavy atom. The fourth-order valence-electron chi connectivity index (χ4n) is 2.07. The fourth-order valence-corrected chi connectivity index (χ4v) is 2.07. The topological polar surface area (TPSA) is 126 Å². The summed E-state index contributed by atoms with van der Waals surface area (Å²) in [6.45, 7) is 3.11. The molecule has 132 valence electrons. The van der Waals surface area contributed by atoms with Crippen LogP contribution in [-0.4, -0.2) is 23.9 Å². The number of urea groups is 1. The van der Waals surface area contributed by atoms with E-state index >= 15 is 0 Å². The Bertz CT molecular complexity index is 818. The molecule has 25 heavy (non-hydrogen) atoms. The predicted octanol–water partition coefficient (Wildman–Crippen LogP) is 1.97. The summed E-state index contributed by atoms with van der Waals surface area (Å²) < 4.78 is 19.0. The fraction of sp³-hybridized carbons (Fsp3) is 0.188. The van der Waals surface area contributed by atoms with E-state index in [1.807, 2.05) is 5.32 Å².